The Hall–Kier alpha value is -2.95. The van der Waals surface area contributed by atoms with Gasteiger partial charge < -0.3 is 15.6 Å². The van der Waals surface area contributed by atoms with E-state index in [0.717, 1.165) is 47.9 Å². The Labute approximate surface area is 186 Å². The number of halogens is 3. The van der Waals surface area contributed by atoms with E-state index in [9.17, 15) is 18.0 Å². The SMILES string of the molecule is COCCCCO.NC(=O)c1ccc2c(c1)c1csnc1n2-c1ccc(C(F)(F)F)cc1. The van der Waals surface area contributed by atoms with E-state index < -0.39 is 17.6 Å². The summed E-state index contributed by atoms with van der Waals surface area (Å²) >= 11 is 1.24. The number of rotatable bonds is 6. The number of primary amides is 1. The number of carbonyl (C=O) groups is 1. The summed E-state index contributed by atoms with van der Waals surface area (Å²) in [7, 11) is 1.66. The average Bonchev–Trinajstić information content (AvgIpc) is 3.34. The minimum Gasteiger partial charge on any atom is -0.396 e. The number of ether oxygens (including phenoxy) is 1. The summed E-state index contributed by atoms with van der Waals surface area (Å²) in [6.45, 7) is 1.05. The van der Waals surface area contributed by atoms with Gasteiger partial charge in [-0.2, -0.15) is 17.5 Å². The molecule has 0 spiro atoms. The van der Waals surface area contributed by atoms with Crippen LogP contribution in [0.4, 0.5) is 13.2 Å². The van der Waals surface area contributed by atoms with Crippen molar-refractivity contribution in [1.29, 1.82) is 0 Å². The second-order valence-corrected chi connectivity index (χ2v) is 7.58. The molecule has 10 heteroatoms. The largest absolute Gasteiger partial charge is 0.416 e. The molecule has 4 rings (SSSR count). The second kappa shape index (κ2) is 10.1. The summed E-state index contributed by atoms with van der Waals surface area (Å²) in [5, 5.41) is 11.7. The highest BCUT2D eigenvalue weighted by Gasteiger charge is 2.30. The molecular weight excluding hydrogens is 443 g/mol. The van der Waals surface area contributed by atoms with E-state index in [1.54, 1.807) is 29.9 Å². The molecule has 170 valence electrons. The number of unbranched alkanes of at least 4 members (excludes halogenated alkanes) is 1. The number of benzene rings is 2. The van der Waals surface area contributed by atoms with Crippen molar-refractivity contribution in [3.8, 4) is 5.69 Å². The van der Waals surface area contributed by atoms with Gasteiger partial charge in [0.05, 0.1) is 11.1 Å². The Kier molecular flexibility index (Phi) is 7.49. The molecule has 4 aromatic rings. The quantitative estimate of drug-likeness (QED) is 0.402. The fourth-order valence-corrected chi connectivity index (χ4v) is 3.88. The van der Waals surface area contributed by atoms with Gasteiger partial charge in [-0.1, -0.05) is 0 Å². The Morgan fingerprint density at radius 2 is 1.88 bits per heavy atom. The molecule has 0 fully saturated rings. The molecule has 6 nitrogen and oxygen atoms in total. The standard InChI is InChI=1S/C17H10F3N3OS.C5H12O2/c18-17(19,20)10-2-4-11(5-3-10)23-14-6-1-9(15(21)24)7-12(14)13-8-25-22-16(13)23;1-7-5-3-2-4-6/h1-8H,(H2,21,24);6H,2-5H2,1H3. The summed E-state index contributed by atoms with van der Waals surface area (Å²) in [4.78, 5) is 11.4. The van der Waals surface area contributed by atoms with E-state index in [2.05, 4.69) is 4.37 Å². The van der Waals surface area contributed by atoms with Gasteiger partial charge in [-0.05, 0) is 66.8 Å². The van der Waals surface area contributed by atoms with Crippen molar-refractivity contribution in [2.45, 2.75) is 19.0 Å². The zero-order chi connectivity index (χ0) is 23.3. The number of methoxy groups -OCH3 is 1. The van der Waals surface area contributed by atoms with Gasteiger partial charge >= 0.3 is 6.18 Å². The first-order chi connectivity index (χ1) is 15.3. The molecule has 0 saturated heterocycles. The number of hydrogen-bond donors (Lipinski definition) is 2. The van der Waals surface area contributed by atoms with Gasteiger partial charge in [0.2, 0.25) is 5.91 Å². The van der Waals surface area contributed by atoms with Crippen molar-refractivity contribution in [2.75, 3.05) is 20.3 Å². The first kappa shape index (κ1) is 23.7. The van der Waals surface area contributed by atoms with E-state index in [1.807, 2.05) is 5.38 Å². The van der Waals surface area contributed by atoms with Crippen LogP contribution in [0.5, 0.6) is 0 Å². The Balaban J connectivity index is 0.000000360. The molecule has 0 aliphatic carbocycles. The summed E-state index contributed by atoms with van der Waals surface area (Å²) in [6, 6.07) is 9.88. The monoisotopic (exact) mass is 465 g/mol. The van der Waals surface area contributed by atoms with Crippen molar-refractivity contribution in [1.82, 2.24) is 8.94 Å². The number of nitrogens with zero attached hydrogens (tertiary/aromatic N) is 2. The van der Waals surface area contributed by atoms with Crippen LogP contribution in [0.25, 0.3) is 27.6 Å². The molecule has 0 radical (unpaired) electrons. The van der Waals surface area contributed by atoms with Crippen LogP contribution in [0.3, 0.4) is 0 Å². The number of aliphatic hydroxyl groups excluding tert-OH is 1. The Bertz CT molecular complexity index is 1200. The molecule has 2 aromatic heterocycles. The minimum absolute atomic E-state index is 0.281. The molecule has 1 amide bonds. The van der Waals surface area contributed by atoms with Crippen molar-refractivity contribution >= 4 is 39.4 Å². The third-order valence-corrected chi connectivity index (χ3v) is 5.40. The van der Waals surface area contributed by atoms with E-state index >= 15 is 0 Å². The highest BCUT2D eigenvalue weighted by molar-refractivity contribution is 7.05. The molecule has 32 heavy (non-hydrogen) atoms. The zero-order valence-corrected chi connectivity index (χ0v) is 18.0. The highest BCUT2D eigenvalue weighted by atomic mass is 32.1. The van der Waals surface area contributed by atoms with Gasteiger partial charge in [-0.3, -0.25) is 9.36 Å². The number of amides is 1. The third kappa shape index (κ3) is 5.09. The average molecular weight is 465 g/mol. The highest BCUT2D eigenvalue weighted by Crippen LogP contribution is 2.34. The lowest BCUT2D eigenvalue weighted by molar-refractivity contribution is -0.137. The maximum absolute atomic E-state index is 12.8. The van der Waals surface area contributed by atoms with Crippen molar-refractivity contribution < 1.29 is 27.8 Å². The minimum atomic E-state index is -4.39. The van der Waals surface area contributed by atoms with Crippen LogP contribution in [-0.2, 0) is 10.9 Å². The van der Waals surface area contributed by atoms with E-state index in [4.69, 9.17) is 15.6 Å². The molecular formula is C22H22F3N3O3S. The van der Waals surface area contributed by atoms with E-state index in [0.29, 0.717) is 16.9 Å². The smallest absolute Gasteiger partial charge is 0.396 e. The van der Waals surface area contributed by atoms with Crippen LogP contribution < -0.4 is 5.73 Å². The fourth-order valence-electron chi connectivity index (χ4n) is 3.21. The van der Waals surface area contributed by atoms with E-state index in [-0.39, 0.29) is 6.61 Å². The van der Waals surface area contributed by atoms with Crippen LogP contribution in [0.15, 0.2) is 47.8 Å². The normalized spacial score (nSPS) is 11.5. The van der Waals surface area contributed by atoms with Gasteiger partial charge in [0.15, 0.2) is 5.65 Å². The number of alkyl halides is 3. The number of hydrogen-bond acceptors (Lipinski definition) is 5. The zero-order valence-electron chi connectivity index (χ0n) is 17.2. The summed E-state index contributed by atoms with van der Waals surface area (Å²) < 4.78 is 49.2. The molecule has 0 aliphatic rings. The van der Waals surface area contributed by atoms with Gasteiger partial charge in [0.1, 0.15) is 0 Å². The molecule has 0 saturated carbocycles. The van der Waals surface area contributed by atoms with Gasteiger partial charge in [0.25, 0.3) is 0 Å². The first-order valence-corrected chi connectivity index (χ1v) is 10.6. The van der Waals surface area contributed by atoms with Crippen LogP contribution in [-0.4, -0.2) is 40.3 Å². The lowest BCUT2D eigenvalue weighted by Gasteiger charge is -2.10. The van der Waals surface area contributed by atoms with Gasteiger partial charge in [-0.25, -0.2) is 0 Å². The lowest BCUT2D eigenvalue weighted by atomic mass is 10.1. The topological polar surface area (TPSA) is 90.4 Å². The number of nitrogens with two attached hydrogens (primary N) is 1. The third-order valence-electron chi connectivity index (χ3n) is 4.78. The van der Waals surface area contributed by atoms with Crippen LogP contribution >= 0.6 is 11.5 Å². The van der Waals surface area contributed by atoms with Crippen LogP contribution in [0.1, 0.15) is 28.8 Å². The number of carbonyl (C=O) groups excluding carboxylic acids is 1. The maximum atomic E-state index is 12.8. The molecule has 0 aliphatic heterocycles. The van der Waals surface area contributed by atoms with Gasteiger partial charge in [-0.15, -0.1) is 0 Å². The van der Waals surface area contributed by atoms with Crippen LogP contribution in [0, 0.1) is 0 Å². The van der Waals surface area contributed by atoms with Crippen LogP contribution in [0.2, 0.25) is 0 Å². The summed E-state index contributed by atoms with van der Waals surface area (Å²) in [5.41, 5.74) is 6.92. The Morgan fingerprint density at radius 1 is 1.16 bits per heavy atom. The molecule has 2 aromatic carbocycles. The van der Waals surface area contributed by atoms with E-state index in [1.165, 1.54) is 23.7 Å². The fraction of sp³-hybridized carbons (Fsp3) is 0.273. The van der Waals surface area contributed by atoms with Crippen molar-refractivity contribution in [2.24, 2.45) is 5.73 Å². The predicted molar refractivity (Wildman–Crippen MR) is 118 cm³/mol. The number of aliphatic hydroxyl groups is 1. The molecule has 3 N–H and O–H groups in total. The number of aromatic nitrogens is 2. The first-order valence-electron chi connectivity index (χ1n) is 9.73. The maximum Gasteiger partial charge on any atom is 0.416 e. The van der Waals surface area contributed by atoms with Gasteiger partial charge in [0, 0.05) is 47.7 Å². The van der Waals surface area contributed by atoms with Crippen molar-refractivity contribution in [3.05, 3.63) is 59.0 Å². The molecule has 0 atom stereocenters. The second-order valence-electron chi connectivity index (χ2n) is 6.95. The molecule has 2 heterocycles. The summed E-state index contributed by atoms with van der Waals surface area (Å²) in [6.07, 6.45) is -2.57. The molecule has 0 unspecified atom stereocenters. The Morgan fingerprint density at radius 3 is 2.47 bits per heavy atom. The van der Waals surface area contributed by atoms with Crippen molar-refractivity contribution in [3.63, 3.8) is 0 Å². The predicted octanol–water partition coefficient (Wildman–Crippen LogP) is 4.76. The number of fused-ring (bicyclic) bond motifs is 3. The lowest BCUT2D eigenvalue weighted by Crippen LogP contribution is -2.10. The summed E-state index contributed by atoms with van der Waals surface area (Å²) in [5.74, 6) is -0.541. The molecule has 0 bridgehead atoms.